The number of halogens is 3. The minimum absolute atomic E-state index is 0.266. The molecule has 2 aromatic carbocycles. The van der Waals surface area contributed by atoms with Crippen LogP contribution in [-0.2, 0) is 12.0 Å². The Morgan fingerprint density at radius 3 is 2.53 bits per heavy atom. The average molecular weight is 298 g/mol. The Bertz CT molecular complexity index is 596. The maximum atomic E-state index is 13.7. The summed E-state index contributed by atoms with van der Waals surface area (Å²) in [6, 6.07) is 11.7. The Balaban J connectivity index is 2.37. The topological polar surface area (TPSA) is 26.0 Å². The van der Waals surface area contributed by atoms with E-state index in [1.165, 1.54) is 6.07 Å². The summed E-state index contributed by atoms with van der Waals surface area (Å²) in [6.07, 6.45) is 0.347. The van der Waals surface area contributed by atoms with Crippen LogP contribution in [0.4, 0.5) is 4.39 Å². The van der Waals surface area contributed by atoms with Gasteiger partial charge in [-0.2, -0.15) is 0 Å². The van der Waals surface area contributed by atoms with Crippen LogP contribution >= 0.6 is 23.2 Å². The summed E-state index contributed by atoms with van der Waals surface area (Å²) < 4.78 is 13.7. The van der Waals surface area contributed by atoms with E-state index in [4.69, 9.17) is 28.9 Å². The molecule has 0 aliphatic rings. The molecule has 0 amide bonds. The molecule has 2 aromatic rings. The maximum Gasteiger partial charge on any atom is 0.126 e. The Morgan fingerprint density at radius 1 is 1.16 bits per heavy atom. The zero-order valence-corrected chi connectivity index (χ0v) is 12.0. The smallest absolute Gasteiger partial charge is 0.126 e. The van der Waals surface area contributed by atoms with Crippen LogP contribution in [0, 0.1) is 5.82 Å². The van der Waals surface area contributed by atoms with Crippen molar-refractivity contribution in [3.05, 3.63) is 69.5 Å². The van der Waals surface area contributed by atoms with Gasteiger partial charge in [0.1, 0.15) is 5.82 Å². The molecule has 2 rings (SSSR count). The van der Waals surface area contributed by atoms with Crippen molar-refractivity contribution in [1.29, 1.82) is 0 Å². The van der Waals surface area contributed by atoms with E-state index in [0.29, 0.717) is 27.6 Å². The van der Waals surface area contributed by atoms with Crippen LogP contribution in [0.1, 0.15) is 18.1 Å². The lowest BCUT2D eigenvalue weighted by Crippen LogP contribution is -2.36. The largest absolute Gasteiger partial charge is 0.321 e. The summed E-state index contributed by atoms with van der Waals surface area (Å²) in [5.74, 6) is -0.266. The van der Waals surface area contributed by atoms with Gasteiger partial charge in [-0.05, 0) is 48.7 Å². The molecular weight excluding hydrogens is 284 g/mol. The monoisotopic (exact) mass is 297 g/mol. The minimum Gasteiger partial charge on any atom is -0.321 e. The molecule has 1 nitrogen and oxygen atoms in total. The molecule has 0 bridgehead atoms. The molecule has 0 radical (unpaired) electrons. The average Bonchev–Trinajstić information content (AvgIpc) is 2.35. The van der Waals surface area contributed by atoms with Crippen LogP contribution in [0.15, 0.2) is 42.5 Å². The van der Waals surface area contributed by atoms with Gasteiger partial charge in [0.15, 0.2) is 0 Å². The van der Waals surface area contributed by atoms with Gasteiger partial charge in [0.2, 0.25) is 0 Å². The molecule has 0 heterocycles. The lowest BCUT2D eigenvalue weighted by molar-refractivity contribution is 0.475. The molecule has 0 aromatic heterocycles. The summed E-state index contributed by atoms with van der Waals surface area (Å²) in [5, 5.41) is 1.09. The van der Waals surface area contributed by atoms with Gasteiger partial charge in [0.05, 0.1) is 0 Å². The van der Waals surface area contributed by atoms with Gasteiger partial charge in [0, 0.05) is 15.6 Å². The number of hydrogen-bond donors (Lipinski definition) is 1. The number of nitrogens with two attached hydrogens (primary N) is 1. The van der Waals surface area contributed by atoms with Crippen molar-refractivity contribution in [2.45, 2.75) is 18.9 Å². The Hall–Kier alpha value is -1.09. The summed E-state index contributed by atoms with van der Waals surface area (Å²) >= 11 is 12.1. The van der Waals surface area contributed by atoms with Crippen molar-refractivity contribution < 1.29 is 4.39 Å². The summed E-state index contributed by atoms with van der Waals surface area (Å²) in [6.45, 7) is 1.82. The lowest BCUT2D eigenvalue weighted by atomic mass is 9.86. The molecule has 0 aliphatic carbocycles. The molecule has 0 saturated heterocycles. The van der Waals surface area contributed by atoms with Gasteiger partial charge < -0.3 is 5.73 Å². The van der Waals surface area contributed by atoms with Gasteiger partial charge in [-0.3, -0.25) is 0 Å². The molecule has 0 saturated carbocycles. The molecule has 19 heavy (non-hydrogen) atoms. The maximum absolute atomic E-state index is 13.7. The molecule has 1 unspecified atom stereocenters. The van der Waals surface area contributed by atoms with Crippen molar-refractivity contribution in [1.82, 2.24) is 0 Å². The Labute approximate surface area is 122 Å². The highest BCUT2D eigenvalue weighted by molar-refractivity contribution is 6.33. The van der Waals surface area contributed by atoms with E-state index in [-0.39, 0.29) is 5.82 Å². The fourth-order valence-electron chi connectivity index (χ4n) is 2.07. The summed E-state index contributed by atoms with van der Waals surface area (Å²) in [5.41, 5.74) is 6.78. The van der Waals surface area contributed by atoms with Crippen LogP contribution in [0.25, 0.3) is 0 Å². The first-order valence-corrected chi connectivity index (χ1v) is 6.63. The third-order valence-electron chi connectivity index (χ3n) is 3.06. The Morgan fingerprint density at radius 2 is 1.84 bits per heavy atom. The molecule has 2 N–H and O–H groups in total. The predicted molar refractivity (Wildman–Crippen MR) is 78.1 cm³/mol. The van der Waals surface area contributed by atoms with Crippen LogP contribution in [0.2, 0.25) is 10.0 Å². The fraction of sp³-hybridized carbons (Fsp3) is 0.200. The van der Waals surface area contributed by atoms with Crippen LogP contribution in [-0.4, -0.2) is 0 Å². The Kier molecular flexibility index (Phi) is 4.14. The number of benzene rings is 2. The van der Waals surface area contributed by atoms with Crippen molar-refractivity contribution in [2.75, 3.05) is 0 Å². The van der Waals surface area contributed by atoms with E-state index in [9.17, 15) is 4.39 Å². The van der Waals surface area contributed by atoms with E-state index in [2.05, 4.69) is 0 Å². The second-order valence-electron chi connectivity index (χ2n) is 4.81. The number of hydrogen-bond acceptors (Lipinski definition) is 1. The standard InChI is InChI=1S/C15H14Cl2FN/c1-15(19,9-10-4-2-3-5-14(10)18)12-8-11(16)6-7-13(12)17/h2-8H,9,19H2,1H3. The summed E-state index contributed by atoms with van der Waals surface area (Å²) in [4.78, 5) is 0. The van der Waals surface area contributed by atoms with Gasteiger partial charge in [-0.15, -0.1) is 0 Å². The SMILES string of the molecule is CC(N)(Cc1ccccc1F)c1cc(Cl)ccc1Cl. The van der Waals surface area contributed by atoms with E-state index in [0.717, 1.165) is 0 Å². The zero-order valence-electron chi connectivity index (χ0n) is 10.5. The second kappa shape index (κ2) is 5.49. The van der Waals surface area contributed by atoms with Gasteiger partial charge in [-0.1, -0.05) is 41.4 Å². The first kappa shape index (κ1) is 14.3. The minimum atomic E-state index is -0.788. The molecule has 4 heteroatoms. The molecule has 100 valence electrons. The van der Waals surface area contributed by atoms with Gasteiger partial charge in [0.25, 0.3) is 0 Å². The van der Waals surface area contributed by atoms with Crippen molar-refractivity contribution >= 4 is 23.2 Å². The zero-order chi connectivity index (χ0) is 14.0. The van der Waals surface area contributed by atoms with Crippen LogP contribution in [0.3, 0.4) is 0 Å². The van der Waals surface area contributed by atoms with E-state index < -0.39 is 5.54 Å². The predicted octanol–water partition coefficient (Wildman–Crippen LogP) is 4.55. The molecular formula is C15H14Cl2FN. The van der Waals surface area contributed by atoms with E-state index >= 15 is 0 Å². The highest BCUT2D eigenvalue weighted by Gasteiger charge is 2.25. The van der Waals surface area contributed by atoms with Crippen LogP contribution in [0.5, 0.6) is 0 Å². The molecule has 0 fully saturated rings. The number of rotatable bonds is 3. The van der Waals surface area contributed by atoms with Crippen molar-refractivity contribution in [3.8, 4) is 0 Å². The second-order valence-corrected chi connectivity index (χ2v) is 5.65. The van der Waals surface area contributed by atoms with E-state index in [1.54, 1.807) is 36.4 Å². The lowest BCUT2D eigenvalue weighted by Gasteiger charge is -2.27. The van der Waals surface area contributed by atoms with E-state index in [1.807, 2.05) is 6.92 Å². The van der Waals surface area contributed by atoms with Gasteiger partial charge >= 0.3 is 0 Å². The molecule has 0 spiro atoms. The highest BCUT2D eigenvalue weighted by atomic mass is 35.5. The van der Waals surface area contributed by atoms with Crippen LogP contribution < -0.4 is 5.73 Å². The molecule has 1 atom stereocenters. The fourth-order valence-corrected chi connectivity index (χ4v) is 2.57. The van der Waals surface area contributed by atoms with Crippen molar-refractivity contribution in [3.63, 3.8) is 0 Å². The summed E-state index contributed by atoms with van der Waals surface area (Å²) in [7, 11) is 0. The third-order valence-corrected chi connectivity index (χ3v) is 3.62. The third kappa shape index (κ3) is 3.27. The quantitative estimate of drug-likeness (QED) is 0.884. The normalized spacial score (nSPS) is 14.2. The van der Waals surface area contributed by atoms with Crippen molar-refractivity contribution in [2.24, 2.45) is 5.73 Å². The molecule has 0 aliphatic heterocycles. The van der Waals surface area contributed by atoms with Gasteiger partial charge in [-0.25, -0.2) is 4.39 Å². The first-order chi connectivity index (χ1) is 8.90. The highest BCUT2D eigenvalue weighted by Crippen LogP contribution is 2.31. The first-order valence-electron chi connectivity index (χ1n) is 5.88.